The van der Waals surface area contributed by atoms with Gasteiger partial charge in [-0.1, -0.05) is 0 Å². The van der Waals surface area contributed by atoms with E-state index in [0.717, 1.165) is 71.7 Å². The van der Waals surface area contributed by atoms with Gasteiger partial charge in [-0.25, -0.2) is 0 Å². The molecule has 0 bridgehead atoms. The summed E-state index contributed by atoms with van der Waals surface area (Å²) in [4.78, 5) is 11.8. The average Bonchev–Trinajstić information content (AvgIpc) is 2.96. The molecular formula is C14H26N2O3. The minimum absolute atomic E-state index is 0.158. The molecule has 2 aliphatic heterocycles. The Labute approximate surface area is 115 Å². The van der Waals surface area contributed by atoms with Gasteiger partial charge in [0.05, 0.1) is 19.1 Å². The first-order chi connectivity index (χ1) is 9.36. The Hall–Kier alpha value is -0.650. The van der Waals surface area contributed by atoms with Gasteiger partial charge in [-0.2, -0.15) is 0 Å². The molecule has 2 N–H and O–H groups in total. The molecule has 0 aliphatic carbocycles. The second kappa shape index (κ2) is 8.51. The Kier molecular flexibility index (Phi) is 6.61. The first kappa shape index (κ1) is 14.8. The molecule has 0 aromatic carbocycles. The summed E-state index contributed by atoms with van der Waals surface area (Å²) < 4.78 is 10.9. The van der Waals surface area contributed by atoms with Crippen LogP contribution in [0.2, 0.25) is 0 Å². The van der Waals surface area contributed by atoms with Crippen LogP contribution in [0.25, 0.3) is 0 Å². The average molecular weight is 270 g/mol. The predicted molar refractivity (Wildman–Crippen MR) is 73.0 cm³/mol. The molecule has 0 aromatic rings. The van der Waals surface area contributed by atoms with Crippen molar-refractivity contribution in [2.75, 3.05) is 46.1 Å². The summed E-state index contributed by atoms with van der Waals surface area (Å²) in [6.45, 7) is 5.81. The highest BCUT2D eigenvalue weighted by Gasteiger charge is 2.20. The van der Waals surface area contributed by atoms with Gasteiger partial charge in [0.25, 0.3) is 0 Å². The number of amides is 1. The van der Waals surface area contributed by atoms with Gasteiger partial charge >= 0.3 is 0 Å². The first-order valence-electron chi connectivity index (χ1n) is 7.50. The zero-order valence-electron chi connectivity index (χ0n) is 11.7. The molecule has 0 aromatic heterocycles. The number of rotatable bonds is 7. The van der Waals surface area contributed by atoms with Crippen molar-refractivity contribution in [1.82, 2.24) is 10.6 Å². The number of piperidine rings is 1. The molecule has 2 unspecified atom stereocenters. The number of ether oxygens (including phenoxy) is 2. The van der Waals surface area contributed by atoms with Crippen molar-refractivity contribution in [2.45, 2.75) is 25.7 Å². The Balaban J connectivity index is 1.43. The van der Waals surface area contributed by atoms with Gasteiger partial charge in [-0.15, -0.1) is 0 Å². The van der Waals surface area contributed by atoms with Crippen LogP contribution in [0, 0.1) is 11.8 Å². The van der Waals surface area contributed by atoms with Crippen LogP contribution in [0.3, 0.4) is 0 Å². The molecule has 110 valence electrons. The van der Waals surface area contributed by atoms with E-state index in [4.69, 9.17) is 9.47 Å². The second-order valence-electron chi connectivity index (χ2n) is 5.49. The van der Waals surface area contributed by atoms with Crippen LogP contribution in [0.1, 0.15) is 25.7 Å². The van der Waals surface area contributed by atoms with Gasteiger partial charge in [-0.05, 0) is 32.2 Å². The molecule has 5 heteroatoms. The molecule has 2 atom stereocenters. The summed E-state index contributed by atoms with van der Waals surface area (Å²) in [5, 5.41) is 6.26. The van der Waals surface area contributed by atoms with Crippen LogP contribution in [0.5, 0.6) is 0 Å². The fraction of sp³-hybridized carbons (Fsp3) is 0.929. The van der Waals surface area contributed by atoms with Crippen LogP contribution in [0.15, 0.2) is 0 Å². The maximum absolute atomic E-state index is 11.8. The molecular weight excluding hydrogens is 244 g/mol. The maximum Gasteiger partial charge on any atom is 0.224 e. The Bertz CT molecular complexity index is 261. The zero-order valence-corrected chi connectivity index (χ0v) is 11.7. The predicted octanol–water partition coefficient (Wildman–Crippen LogP) is 0.545. The highest BCUT2D eigenvalue weighted by atomic mass is 16.5. The van der Waals surface area contributed by atoms with Crippen molar-refractivity contribution >= 4 is 5.91 Å². The summed E-state index contributed by atoms with van der Waals surface area (Å²) in [7, 11) is 0. The Morgan fingerprint density at radius 1 is 1.42 bits per heavy atom. The first-order valence-corrected chi connectivity index (χ1v) is 7.50. The van der Waals surface area contributed by atoms with E-state index in [9.17, 15) is 4.79 Å². The number of carbonyl (C=O) groups is 1. The normalized spacial score (nSPS) is 27.4. The third-order valence-corrected chi connectivity index (χ3v) is 3.81. The highest BCUT2D eigenvalue weighted by molar-refractivity contribution is 5.78. The molecule has 0 radical (unpaired) electrons. The minimum atomic E-state index is 0.158. The lowest BCUT2D eigenvalue weighted by molar-refractivity contribution is -0.125. The second-order valence-corrected chi connectivity index (χ2v) is 5.49. The lowest BCUT2D eigenvalue weighted by atomic mass is 9.99. The van der Waals surface area contributed by atoms with Gasteiger partial charge in [0.2, 0.25) is 5.91 Å². The maximum atomic E-state index is 11.8. The SMILES string of the molecule is O=C(NCCCOCC1CCOC1)C1CCCNC1. The van der Waals surface area contributed by atoms with Crippen molar-refractivity contribution in [1.29, 1.82) is 0 Å². The van der Waals surface area contributed by atoms with E-state index in [2.05, 4.69) is 10.6 Å². The summed E-state index contributed by atoms with van der Waals surface area (Å²) in [6.07, 6.45) is 4.12. The standard InChI is InChI=1S/C14H26N2O3/c17-14(13-3-1-5-15-9-13)16-6-2-7-18-10-12-4-8-19-11-12/h12-13,15H,1-11H2,(H,16,17). The largest absolute Gasteiger partial charge is 0.381 e. The molecule has 2 aliphatic rings. The van der Waals surface area contributed by atoms with Crippen molar-refractivity contribution in [3.8, 4) is 0 Å². The Morgan fingerprint density at radius 2 is 2.37 bits per heavy atom. The molecule has 19 heavy (non-hydrogen) atoms. The van der Waals surface area contributed by atoms with Gasteiger partial charge < -0.3 is 20.1 Å². The van der Waals surface area contributed by atoms with Gasteiger partial charge in [0, 0.05) is 32.2 Å². The molecule has 0 spiro atoms. The van der Waals surface area contributed by atoms with Crippen LogP contribution < -0.4 is 10.6 Å². The van der Waals surface area contributed by atoms with E-state index in [1.54, 1.807) is 0 Å². The van der Waals surface area contributed by atoms with Gasteiger partial charge in [0.1, 0.15) is 0 Å². The van der Waals surface area contributed by atoms with Crippen LogP contribution in [-0.4, -0.2) is 52.0 Å². The third kappa shape index (κ3) is 5.47. The summed E-state index contributed by atoms with van der Waals surface area (Å²) in [5.74, 6) is 0.921. The molecule has 5 nitrogen and oxygen atoms in total. The Morgan fingerprint density at radius 3 is 3.11 bits per heavy atom. The summed E-state index contributed by atoms with van der Waals surface area (Å²) in [5.41, 5.74) is 0. The topological polar surface area (TPSA) is 59.6 Å². The van der Waals surface area contributed by atoms with Crippen LogP contribution in [-0.2, 0) is 14.3 Å². The van der Waals surface area contributed by atoms with Crippen LogP contribution in [0.4, 0.5) is 0 Å². The quantitative estimate of drug-likeness (QED) is 0.663. The third-order valence-electron chi connectivity index (χ3n) is 3.81. The van der Waals surface area contributed by atoms with E-state index in [1.807, 2.05) is 0 Å². The molecule has 0 saturated carbocycles. The summed E-state index contributed by atoms with van der Waals surface area (Å²) in [6, 6.07) is 0. The van der Waals surface area contributed by atoms with E-state index < -0.39 is 0 Å². The van der Waals surface area contributed by atoms with Crippen molar-refractivity contribution < 1.29 is 14.3 Å². The van der Waals surface area contributed by atoms with Crippen molar-refractivity contribution in [2.24, 2.45) is 11.8 Å². The molecule has 2 heterocycles. The fourth-order valence-electron chi connectivity index (χ4n) is 2.57. The van der Waals surface area contributed by atoms with Crippen LogP contribution >= 0.6 is 0 Å². The number of hydrogen-bond acceptors (Lipinski definition) is 4. The van der Waals surface area contributed by atoms with Gasteiger partial charge in [0.15, 0.2) is 0 Å². The number of hydrogen-bond donors (Lipinski definition) is 2. The smallest absolute Gasteiger partial charge is 0.224 e. The lowest BCUT2D eigenvalue weighted by Gasteiger charge is -2.21. The molecule has 1 amide bonds. The number of nitrogens with one attached hydrogen (secondary N) is 2. The molecule has 2 saturated heterocycles. The fourth-order valence-corrected chi connectivity index (χ4v) is 2.57. The minimum Gasteiger partial charge on any atom is -0.381 e. The van der Waals surface area contributed by atoms with Crippen molar-refractivity contribution in [3.05, 3.63) is 0 Å². The van der Waals surface area contributed by atoms with E-state index in [0.29, 0.717) is 5.92 Å². The lowest BCUT2D eigenvalue weighted by Crippen LogP contribution is -2.40. The zero-order chi connectivity index (χ0) is 13.3. The molecule has 2 rings (SSSR count). The monoisotopic (exact) mass is 270 g/mol. The van der Waals surface area contributed by atoms with Crippen molar-refractivity contribution in [3.63, 3.8) is 0 Å². The highest BCUT2D eigenvalue weighted by Crippen LogP contribution is 2.12. The molecule has 2 fully saturated rings. The van der Waals surface area contributed by atoms with E-state index in [1.165, 1.54) is 0 Å². The van der Waals surface area contributed by atoms with E-state index in [-0.39, 0.29) is 11.8 Å². The summed E-state index contributed by atoms with van der Waals surface area (Å²) >= 11 is 0. The van der Waals surface area contributed by atoms with Gasteiger partial charge in [-0.3, -0.25) is 4.79 Å². The van der Waals surface area contributed by atoms with E-state index >= 15 is 0 Å². The number of carbonyl (C=O) groups excluding carboxylic acids is 1.